The van der Waals surface area contributed by atoms with Crippen LogP contribution in [0.1, 0.15) is 18.9 Å². The summed E-state index contributed by atoms with van der Waals surface area (Å²) in [6.45, 7) is 0.797. The molecule has 0 amide bonds. The highest BCUT2D eigenvalue weighted by atomic mass is 19.1. The van der Waals surface area contributed by atoms with Crippen molar-refractivity contribution in [2.75, 3.05) is 44.7 Å². The first-order chi connectivity index (χ1) is 13.9. The fraction of sp³-hybridized carbons (Fsp3) is 0.579. The van der Waals surface area contributed by atoms with Gasteiger partial charge in [-0.05, 0) is 25.0 Å². The first kappa shape index (κ1) is 19.7. The molecule has 10 heteroatoms. The number of hydrogen-bond acceptors (Lipinski definition) is 7. The number of aromatic nitrogens is 2. The number of nitrogens with zero attached hydrogens (tertiary/aromatic N) is 3. The van der Waals surface area contributed by atoms with E-state index in [-0.39, 0.29) is 19.2 Å². The summed E-state index contributed by atoms with van der Waals surface area (Å²) in [5.41, 5.74) is 5.95. The fourth-order valence-corrected chi connectivity index (χ4v) is 4.23. The molecule has 1 aromatic carbocycles. The quantitative estimate of drug-likeness (QED) is 0.646. The van der Waals surface area contributed by atoms with Crippen molar-refractivity contribution in [1.82, 2.24) is 9.24 Å². The van der Waals surface area contributed by atoms with E-state index in [1.807, 2.05) is 4.90 Å². The van der Waals surface area contributed by atoms with Gasteiger partial charge in [-0.15, -0.1) is 0 Å². The molecule has 0 bridgehead atoms. The average Bonchev–Trinajstić information content (AvgIpc) is 3.46. The van der Waals surface area contributed by atoms with Gasteiger partial charge in [-0.25, -0.2) is 9.18 Å². The number of nitrogens with two attached hydrogens (primary N) is 2. The van der Waals surface area contributed by atoms with Crippen LogP contribution in [0.5, 0.6) is 5.75 Å². The van der Waals surface area contributed by atoms with E-state index in [9.17, 15) is 14.0 Å². The van der Waals surface area contributed by atoms with E-state index in [0.717, 1.165) is 12.8 Å². The molecular formula is C19H26FN5O4. The SMILES string of the molecule is COC[C@H](N)[C@H]1CN(c2ccc3c(=O)n(N)c(=O)n(C4CC4)c3c2OC)C[C@H]1F. The van der Waals surface area contributed by atoms with Gasteiger partial charge < -0.3 is 25.9 Å². The molecule has 1 aromatic heterocycles. The van der Waals surface area contributed by atoms with Crippen LogP contribution in [0.25, 0.3) is 10.9 Å². The Morgan fingerprint density at radius 3 is 2.59 bits per heavy atom. The molecule has 158 valence electrons. The van der Waals surface area contributed by atoms with E-state index in [2.05, 4.69) is 0 Å². The van der Waals surface area contributed by atoms with Gasteiger partial charge in [0.15, 0.2) is 5.75 Å². The number of ether oxygens (including phenoxy) is 2. The zero-order valence-electron chi connectivity index (χ0n) is 16.5. The van der Waals surface area contributed by atoms with Gasteiger partial charge in [-0.2, -0.15) is 4.68 Å². The molecule has 0 spiro atoms. The predicted molar refractivity (Wildman–Crippen MR) is 108 cm³/mol. The molecule has 2 aromatic rings. The number of rotatable bonds is 6. The van der Waals surface area contributed by atoms with E-state index in [0.29, 0.717) is 33.6 Å². The molecule has 9 nitrogen and oxygen atoms in total. The van der Waals surface area contributed by atoms with E-state index in [4.69, 9.17) is 21.1 Å². The van der Waals surface area contributed by atoms with Crippen molar-refractivity contribution in [3.05, 3.63) is 33.0 Å². The number of nitrogen functional groups attached to an aromatic ring is 1. The summed E-state index contributed by atoms with van der Waals surface area (Å²) >= 11 is 0. The van der Waals surface area contributed by atoms with Gasteiger partial charge in [-0.3, -0.25) is 9.36 Å². The van der Waals surface area contributed by atoms with Crippen molar-refractivity contribution in [1.29, 1.82) is 0 Å². The molecule has 3 atom stereocenters. The highest BCUT2D eigenvalue weighted by molar-refractivity contribution is 5.90. The molecular weight excluding hydrogens is 381 g/mol. The van der Waals surface area contributed by atoms with E-state index in [1.165, 1.54) is 18.8 Å². The maximum Gasteiger partial charge on any atom is 0.350 e. The molecule has 1 aliphatic heterocycles. The van der Waals surface area contributed by atoms with Gasteiger partial charge in [-0.1, -0.05) is 0 Å². The molecule has 2 heterocycles. The Bertz CT molecular complexity index is 1050. The third-order valence-corrected chi connectivity index (χ3v) is 5.87. The van der Waals surface area contributed by atoms with Crippen LogP contribution < -0.4 is 32.5 Å². The summed E-state index contributed by atoms with van der Waals surface area (Å²) < 4.78 is 27.6. The van der Waals surface area contributed by atoms with Gasteiger partial charge in [0.1, 0.15) is 11.7 Å². The normalized spacial score (nSPS) is 23.0. The molecule has 2 fully saturated rings. The summed E-state index contributed by atoms with van der Waals surface area (Å²) in [5, 5.41) is 0.295. The molecule has 0 unspecified atom stereocenters. The topological polar surface area (TPSA) is 118 Å². The standard InChI is InChI=1S/C19H26FN5O4/c1-28-9-14(21)12-7-23(8-13(12)20)15-6-5-11-16(17(15)29-2)24(10-3-4-10)19(27)25(22)18(11)26/h5-6,10,12-14H,3-4,7-9,21-22H2,1-2H3/t12-,13+,14-/m0/s1. The third kappa shape index (κ3) is 3.16. The van der Waals surface area contributed by atoms with E-state index >= 15 is 0 Å². The Hall–Kier alpha value is -2.59. The highest BCUT2D eigenvalue weighted by Gasteiger charge is 2.39. The molecule has 1 saturated carbocycles. The Labute approximate surface area is 166 Å². The molecule has 4 N–H and O–H groups in total. The van der Waals surface area contributed by atoms with E-state index in [1.54, 1.807) is 12.1 Å². The van der Waals surface area contributed by atoms with Crippen LogP contribution in [-0.2, 0) is 4.74 Å². The zero-order valence-corrected chi connectivity index (χ0v) is 16.5. The third-order valence-electron chi connectivity index (χ3n) is 5.87. The van der Waals surface area contributed by atoms with Crippen LogP contribution in [0.2, 0.25) is 0 Å². The molecule has 2 aliphatic rings. The van der Waals surface area contributed by atoms with E-state index < -0.39 is 29.4 Å². The summed E-state index contributed by atoms with van der Waals surface area (Å²) in [4.78, 5) is 27.1. The number of methoxy groups -OCH3 is 2. The van der Waals surface area contributed by atoms with Crippen molar-refractivity contribution in [3.8, 4) is 5.75 Å². The van der Waals surface area contributed by atoms with Crippen LogP contribution in [0.3, 0.4) is 0 Å². The van der Waals surface area contributed by atoms with Crippen LogP contribution in [0.15, 0.2) is 21.7 Å². The number of fused-ring (bicyclic) bond motifs is 1. The van der Waals surface area contributed by atoms with Crippen LogP contribution in [-0.4, -0.2) is 55.4 Å². The smallest absolute Gasteiger partial charge is 0.350 e. The maximum atomic E-state index is 14.7. The van der Waals surface area contributed by atoms with Crippen molar-refractivity contribution in [3.63, 3.8) is 0 Å². The van der Waals surface area contributed by atoms with Crippen molar-refractivity contribution in [2.45, 2.75) is 31.1 Å². The van der Waals surface area contributed by atoms with Gasteiger partial charge in [0, 0.05) is 38.2 Å². The second-order valence-corrected chi connectivity index (χ2v) is 7.78. The Morgan fingerprint density at radius 1 is 1.24 bits per heavy atom. The monoisotopic (exact) mass is 407 g/mol. The number of halogens is 1. The lowest BCUT2D eigenvalue weighted by Gasteiger charge is -2.24. The average molecular weight is 407 g/mol. The van der Waals surface area contributed by atoms with Crippen LogP contribution in [0.4, 0.5) is 10.1 Å². The summed E-state index contributed by atoms with van der Waals surface area (Å²) in [7, 11) is 3.01. The predicted octanol–water partition coefficient (Wildman–Crippen LogP) is -0.0315. The Kier molecular flexibility index (Phi) is 4.99. The van der Waals surface area contributed by atoms with Gasteiger partial charge >= 0.3 is 5.69 Å². The Balaban J connectivity index is 1.85. The lowest BCUT2D eigenvalue weighted by molar-refractivity contribution is 0.138. The minimum Gasteiger partial charge on any atom is -0.492 e. The molecule has 1 aliphatic carbocycles. The lowest BCUT2D eigenvalue weighted by Crippen LogP contribution is -2.44. The maximum absolute atomic E-state index is 14.7. The van der Waals surface area contributed by atoms with Crippen molar-refractivity contribution in [2.24, 2.45) is 11.7 Å². The van der Waals surface area contributed by atoms with Gasteiger partial charge in [0.05, 0.1) is 24.8 Å². The number of alkyl halides is 1. The Morgan fingerprint density at radius 2 is 1.97 bits per heavy atom. The number of hydrogen-bond donors (Lipinski definition) is 2. The summed E-state index contributed by atoms with van der Waals surface area (Å²) in [6.07, 6.45) is 0.526. The minimum atomic E-state index is -1.12. The number of benzene rings is 1. The second kappa shape index (κ2) is 7.34. The first-order valence-corrected chi connectivity index (χ1v) is 9.65. The van der Waals surface area contributed by atoms with Crippen molar-refractivity contribution < 1.29 is 13.9 Å². The molecule has 1 saturated heterocycles. The van der Waals surface area contributed by atoms with Gasteiger partial charge in [0.2, 0.25) is 0 Å². The summed E-state index contributed by atoms with van der Waals surface area (Å²) in [5.74, 6) is 5.69. The van der Waals surface area contributed by atoms with Crippen LogP contribution >= 0.6 is 0 Å². The zero-order chi connectivity index (χ0) is 20.9. The molecule has 4 rings (SSSR count). The first-order valence-electron chi connectivity index (χ1n) is 9.65. The number of anilines is 1. The second-order valence-electron chi connectivity index (χ2n) is 7.78. The summed E-state index contributed by atoms with van der Waals surface area (Å²) in [6, 6.07) is 2.87. The highest BCUT2D eigenvalue weighted by Crippen LogP contribution is 2.42. The van der Waals surface area contributed by atoms with Crippen LogP contribution in [0, 0.1) is 5.92 Å². The van der Waals surface area contributed by atoms with Gasteiger partial charge in [0.25, 0.3) is 5.56 Å². The fourth-order valence-electron chi connectivity index (χ4n) is 4.23. The molecule has 0 radical (unpaired) electrons. The van der Waals surface area contributed by atoms with Crippen molar-refractivity contribution >= 4 is 16.6 Å². The minimum absolute atomic E-state index is 0.0278. The molecule has 29 heavy (non-hydrogen) atoms. The largest absolute Gasteiger partial charge is 0.492 e. The lowest BCUT2D eigenvalue weighted by atomic mass is 9.99.